The number of piperidine rings is 1. The van der Waals surface area contributed by atoms with Gasteiger partial charge in [0.2, 0.25) is 11.8 Å². The highest BCUT2D eigenvalue weighted by atomic mass is 35.5. The van der Waals surface area contributed by atoms with Gasteiger partial charge in [0.05, 0.1) is 26.1 Å². The van der Waals surface area contributed by atoms with E-state index in [1.165, 1.54) is 12.0 Å². The minimum absolute atomic E-state index is 0.219. The van der Waals surface area contributed by atoms with Crippen LogP contribution in [-0.2, 0) is 19.1 Å². The van der Waals surface area contributed by atoms with E-state index in [0.717, 1.165) is 29.5 Å². The van der Waals surface area contributed by atoms with Crippen LogP contribution in [0.2, 0.25) is 5.02 Å². The number of carbonyl (C=O) groups is 3. The van der Waals surface area contributed by atoms with Gasteiger partial charge >= 0.3 is 5.97 Å². The molecular weight excluding hydrogens is 468 g/mol. The summed E-state index contributed by atoms with van der Waals surface area (Å²) in [6.45, 7) is 2.68. The standard InChI is InChI=1S/C27H29ClN2O5/c1-4-29-24(31)21-22(25(29)32)27(26(33)35-3)12-5-6-13-30(27)23(21)17-10-11-19(20(15-17)34-2)16-8-7-9-18(28)14-16/h7-11,14-15,21-23H,4-6,12-13H2,1-3H3/t21-,22-,23-,27+/m1/s1. The van der Waals surface area contributed by atoms with Gasteiger partial charge in [-0.2, -0.15) is 0 Å². The maximum absolute atomic E-state index is 13.6. The summed E-state index contributed by atoms with van der Waals surface area (Å²) in [5.74, 6) is -1.70. The number of hydrogen-bond acceptors (Lipinski definition) is 6. The fourth-order valence-corrected chi connectivity index (χ4v) is 6.70. The summed E-state index contributed by atoms with van der Waals surface area (Å²) in [5, 5.41) is 0.623. The molecular formula is C27H29ClN2O5. The Morgan fingerprint density at radius 3 is 2.60 bits per heavy atom. The van der Waals surface area contributed by atoms with Crippen molar-refractivity contribution in [2.24, 2.45) is 11.8 Å². The molecule has 0 bridgehead atoms. The van der Waals surface area contributed by atoms with Crippen molar-refractivity contribution in [2.45, 2.75) is 37.8 Å². The average molecular weight is 497 g/mol. The van der Waals surface area contributed by atoms with Gasteiger partial charge in [0.25, 0.3) is 0 Å². The number of nitrogens with zero attached hydrogens (tertiary/aromatic N) is 2. The quantitative estimate of drug-likeness (QED) is 0.458. The molecule has 2 aromatic rings. The summed E-state index contributed by atoms with van der Waals surface area (Å²) < 4.78 is 11.0. The van der Waals surface area contributed by atoms with Gasteiger partial charge in [0.1, 0.15) is 11.3 Å². The van der Waals surface area contributed by atoms with E-state index in [0.29, 0.717) is 23.7 Å². The zero-order valence-corrected chi connectivity index (χ0v) is 20.9. The molecule has 0 saturated carbocycles. The van der Waals surface area contributed by atoms with E-state index < -0.39 is 29.4 Å². The molecule has 3 aliphatic heterocycles. The van der Waals surface area contributed by atoms with E-state index >= 15 is 0 Å². The molecule has 0 aliphatic carbocycles. The van der Waals surface area contributed by atoms with Crippen molar-refractivity contribution >= 4 is 29.4 Å². The lowest BCUT2D eigenvalue weighted by atomic mass is 9.75. The molecule has 3 aliphatic rings. The van der Waals surface area contributed by atoms with E-state index in [2.05, 4.69) is 4.90 Å². The van der Waals surface area contributed by atoms with Gasteiger partial charge in [-0.05, 0) is 62.1 Å². The lowest BCUT2D eigenvalue weighted by molar-refractivity contribution is -0.164. The second-order valence-electron chi connectivity index (χ2n) is 9.41. The molecule has 8 heteroatoms. The lowest BCUT2D eigenvalue weighted by Crippen LogP contribution is -2.59. The molecule has 184 valence electrons. The Morgan fingerprint density at radius 1 is 1.11 bits per heavy atom. The van der Waals surface area contributed by atoms with Crippen molar-refractivity contribution in [1.82, 2.24) is 9.80 Å². The van der Waals surface area contributed by atoms with E-state index in [9.17, 15) is 14.4 Å². The first kappa shape index (κ1) is 23.8. The summed E-state index contributed by atoms with van der Waals surface area (Å²) in [6.07, 6.45) is 2.17. The summed E-state index contributed by atoms with van der Waals surface area (Å²) in [5.41, 5.74) is 1.48. The van der Waals surface area contributed by atoms with Gasteiger partial charge in [0, 0.05) is 23.2 Å². The molecule has 2 amide bonds. The molecule has 2 aromatic carbocycles. The topological polar surface area (TPSA) is 76.2 Å². The van der Waals surface area contributed by atoms with Crippen molar-refractivity contribution in [3.63, 3.8) is 0 Å². The highest BCUT2D eigenvalue weighted by molar-refractivity contribution is 6.30. The number of ether oxygens (including phenoxy) is 2. The average Bonchev–Trinajstić information content (AvgIpc) is 3.33. The second-order valence-corrected chi connectivity index (χ2v) is 9.84. The lowest BCUT2D eigenvalue weighted by Gasteiger charge is -2.44. The number of imide groups is 1. The number of rotatable bonds is 5. The minimum atomic E-state index is -1.14. The van der Waals surface area contributed by atoms with E-state index in [1.54, 1.807) is 14.0 Å². The predicted molar refractivity (Wildman–Crippen MR) is 131 cm³/mol. The zero-order valence-electron chi connectivity index (χ0n) is 20.1. The van der Waals surface area contributed by atoms with Crippen molar-refractivity contribution in [2.75, 3.05) is 27.3 Å². The second kappa shape index (κ2) is 8.95. The maximum Gasteiger partial charge on any atom is 0.327 e. The van der Waals surface area contributed by atoms with Crippen LogP contribution in [0.15, 0.2) is 42.5 Å². The number of amides is 2. The van der Waals surface area contributed by atoms with Crippen LogP contribution in [0.3, 0.4) is 0 Å². The summed E-state index contributed by atoms with van der Waals surface area (Å²) >= 11 is 6.21. The first-order valence-corrected chi connectivity index (χ1v) is 12.4. The van der Waals surface area contributed by atoms with E-state index in [1.807, 2.05) is 42.5 Å². The SMILES string of the molecule is CCN1C(=O)[C@H]2[C@@H](c3ccc(-c4cccc(Cl)c4)c(OC)c3)N3CCCC[C@@]3(C(=O)OC)[C@H]2C1=O. The smallest absolute Gasteiger partial charge is 0.327 e. The number of esters is 1. The number of methoxy groups -OCH3 is 2. The number of hydrogen-bond donors (Lipinski definition) is 0. The highest BCUT2D eigenvalue weighted by Gasteiger charge is 2.72. The summed E-state index contributed by atoms with van der Waals surface area (Å²) in [6, 6.07) is 12.9. The van der Waals surface area contributed by atoms with Crippen LogP contribution < -0.4 is 4.74 Å². The Labute approximate surface area is 209 Å². The van der Waals surface area contributed by atoms with Crippen molar-refractivity contribution in [1.29, 1.82) is 0 Å². The van der Waals surface area contributed by atoms with Crippen LogP contribution in [0.1, 0.15) is 37.8 Å². The molecule has 35 heavy (non-hydrogen) atoms. The molecule has 0 unspecified atom stereocenters. The largest absolute Gasteiger partial charge is 0.496 e. The number of fused-ring (bicyclic) bond motifs is 3. The van der Waals surface area contributed by atoms with Gasteiger partial charge in [-0.15, -0.1) is 0 Å². The first-order chi connectivity index (χ1) is 16.9. The van der Waals surface area contributed by atoms with Crippen LogP contribution >= 0.6 is 11.6 Å². The molecule has 5 rings (SSSR count). The minimum Gasteiger partial charge on any atom is -0.496 e. The number of benzene rings is 2. The van der Waals surface area contributed by atoms with Gasteiger partial charge < -0.3 is 9.47 Å². The van der Waals surface area contributed by atoms with Crippen LogP contribution in [0.4, 0.5) is 0 Å². The molecule has 0 spiro atoms. The normalized spacial score (nSPS) is 28.1. The first-order valence-electron chi connectivity index (χ1n) is 12.0. The van der Waals surface area contributed by atoms with Crippen LogP contribution in [-0.4, -0.2) is 60.4 Å². The molecule has 3 heterocycles. The van der Waals surface area contributed by atoms with Gasteiger partial charge in [-0.25, -0.2) is 0 Å². The Balaban J connectivity index is 1.66. The third-order valence-electron chi connectivity index (χ3n) is 7.91. The fraction of sp³-hybridized carbons (Fsp3) is 0.444. The molecule has 3 saturated heterocycles. The number of halogens is 1. The molecule has 0 aromatic heterocycles. The molecule has 7 nitrogen and oxygen atoms in total. The van der Waals surface area contributed by atoms with Crippen LogP contribution in [0, 0.1) is 11.8 Å². The van der Waals surface area contributed by atoms with Gasteiger partial charge in [0.15, 0.2) is 0 Å². The Kier molecular flexibility index (Phi) is 6.09. The number of likely N-dealkylation sites (tertiary alicyclic amines) is 1. The third kappa shape index (κ3) is 3.39. The highest BCUT2D eigenvalue weighted by Crippen LogP contribution is 2.58. The maximum atomic E-state index is 13.6. The van der Waals surface area contributed by atoms with Crippen molar-refractivity contribution in [3.8, 4) is 16.9 Å². The summed E-state index contributed by atoms with van der Waals surface area (Å²) in [7, 11) is 2.96. The monoisotopic (exact) mass is 496 g/mol. The van der Waals surface area contributed by atoms with E-state index in [4.69, 9.17) is 21.1 Å². The predicted octanol–water partition coefficient (Wildman–Crippen LogP) is 4.09. The van der Waals surface area contributed by atoms with Crippen LogP contribution in [0.5, 0.6) is 5.75 Å². The molecule has 4 atom stereocenters. The third-order valence-corrected chi connectivity index (χ3v) is 8.15. The van der Waals surface area contributed by atoms with Crippen LogP contribution in [0.25, 0.3) is 11.1 Å². The van der Waals surface area contributed by atoms with Gasteiger partial charge in [-0.3, -0.25) is 24.2 Å². The number of carbonyl (C=O) groups excluding carboxylic acids is 3. The molecule has 0 N–H and O–H groups in total. The zero-order chi connectivity index (χ0) is 24.9. The Bertz CT molecular complexity index is 1200. The van der Waals surface area contributed by atoms with Crippen molar-refractivity contribution < 1.29 is 23.9 Å². The van der Waals surface area contributed by atoms with E-state index in [-0.39, 0.29) is 18.4 Å². The van der Waals surface area contributed by atoms with Gasteiger partial charge in [-0.1, -0.05) is 35.9 Å². The Hall–Kier alpha value is -2.90. The fourth-order valence-electron chi connectivity index (χ4n) is 6.51. The summed E-state index contributed by atoms with van der Waals surface area (Å²) in [4.78, 5) is 43.8. The van der Waals surface area contributed by atoms with Crippen molar-refractivity contribution in [3.05, 3.63) is 53.1 Å². The Morgan fingerprint density at radius 2 is 1.91 bits per heavy atom. The molecule has 0 radical (unpaired) electrons. The molecule has 3 fully saturated rings.